The molecule has 7 nitrogen and oxygen atoms in total. The third kappa shape index (κ3) is 5.36. The van der Waals surface area contributed by atoms with Crippen LogP contribution in [0.2, 0.25) is 5.02 Å². The standard InChI is InChI=1S/C28H20ClF5N4O3/c29-21-4-1-3-19(22-5-2-6-23(36-22)38-25-20(11-35-38)26(39)41-28(25,33)34)24(21)40-14-16-7-9-17(10-8-16)18-12-37(13-18)15-27(30,31)32/h1-11,18H,12-15H2. The van der Waals surface area contributed by atoms with Crippen LogP contribution < -0.4 is 4.74 Å². The number of cyclic esters (lactones) is 1. The van der Waals surface area contributed by atoms with Crippen LogP contribution in [-0.4, -0.2) is 51.4 Å². The predicted octanol–water partition coefficient (Wildman–Crippen LogP) is 6.35. The van der Waals surface area contributed by atoms with Crippen LogP contribution in [0.25, 0.3) is 17.1 Å². The number of carbonyl (C=O) groups is 1. The zero-order valence-corrected chi connectivity index (χ0v) is 21.8. The van der Waals surface area contributed by atoms with E-state index in [0.29, 0.717) is 35.1 Å². The van der Waals surface area contributed by atoms with Gasteiger partial charge in [-0.05, 0) is 35.4 Å². The Morgan fingerprint density at radius 2 is 1.76 bits per heavy atom. The molecule has 13 heteroatoms. The molecule has 4 heterocycles. The van der Waals surface area contributed by atoms with Gasteiger partial charge in [0.25, 0.3) is 0 Å². The lowest BCUT2D eigenvalue weighted by Gasteiger charge is -2.39. The minimum Gasteiger partial charge on any atom is -0.487 e. The topological polar surface area (TPSA) is 69.5 Å². The quantitative estimate of drug-likeness (QED) is 0.185. The van der Waals surface area contributed by atoms with E-state index in [1.807, 2.05) is 24.3 Å². The first-order chi connectivity index (χ1) is 19.5. The molecule has 0 N–H and O–H groups in total. The highest BCUT2D eigenvalue weighted by Crippen LogP contribution is 2.41. The van der Waals surface area contributed by atoms with Crippen LogP contribution in [0.3, 0.4) is 0 Å². The normalized spacial score (nSPS) is 16.8. The van der Waals surface area contributed by atoms with E-state index in [1.165, 1.54) is 11.0 Å². The van der Waals surface area contributed by atoms with Gasteiger partial charge in [-0.3, -0.25) is 4.90 Å². The summed E-state index contributed by atoms with van der Waals surface area (Å²) < 4.78 is 77.4. The van der Waals surface area contributed by atoms with Crippen LogP contribution in [0.4, 0.5) is 22.0 Å². The van der Waals surface area contributed by atoms with Gasteiger partial charge in [-0.2, -0.15) is 27.1 Å². The molecule has 0 bridgehead atoms. The van der Waals surface area contributed by atoms with Gasteiger partial charge in [0, 0.05) is 24.6 Å². The Kier molecular flexibility index (Phi) is 6.69. The van der Waals surface area contributed by atoms with E-state index in [1.54, 1.807) is 30.3 Å². The molecule has 0 atom stereocenters. The molecule has 2 aromatic heterocycles. The Morgan fingerprint density at radius 3 is 2.49 bits per heavy atom. The second kappa shape index (κ2) is 10.1. The summed E-state index contributed by atoms with van der Waals surface area (Å²) in [4.78, 5) is 17.6. The van der Waals surface area contributed by atoms with Crippen molar-refractivity contribution in [2.75, 3.05) is 19.6 Å². The van der Waals surface area contributed by atoms with E-state index >= 15 is 0 Å². The van der Waals surface area contributed by atoms with Crippen molar-refractivity contribution in [1.82, 2.24) is 19.7 Å². The summed E-state index contributed by atoms with van der Waals surface area (Å²) in [6.07, 6.45) is -7.04. The molecule has 1 saturated heterocycles. The van der Waals surface area contributed by atoms with Gasteiger partial charge in [-0.1, -0.05) is 48.0 Å². The van der Waals surface area contributed by atoms with Crippen molar-refractivity contribution in [3.05, 3.63) is 94.3 Å². The van der Waals surface area contributed by atoms with Crippen molar-refractivity contribution in [3.63, 3.8) is 0 Å². The van der Waals surface area contributed by atoms with E-state index in [0.717, 1.165) is 22.0 Å². The lowest BCUT2D eigenvalue weighted by molar-refractivity contribution is -0.203. The van der Waals surface area contributed by atoms with E-state index in [-0.39, 0.29) is 23.9 Å². The molecule has 2 aliphatic heterocycles. The number of esters is 1. The molecule has 0 unspecified atom stereocenters. The first-order valence-electron chi connectivity index (χ1n) is 12.5. The third-order valence-corrected chi connectivity index (χ3v) is 7.17. The zero-order valence-electron chi connectivity index (χ0n) is 21.0. The number of pyridine rings is 1. The van der Waals surface area contributed by atoms with E-state index in [9.17, 15) is 26.7 Å². The van der Waals surface area contributed by atoms with Crippen molar-refractivity contribution in [2.24, 2.45) is 0 Å². The number of alkyl halides is 5. The summed E-state index contributed by atoms with van der Waals surface area (Å²) in [5, 5.41) is 4.22. The number of para-hydroxylation sites is 1. The molecule has 6 rings (SSSR count). The average Bonchev–Trinajstić information content (AvgIpc) is 3.45. The molecular weight excluding hydrogens is 571 g/mol. The minimum absolute atomic E-state index is 0.0352. The molecule has 0 saturated carbocycles. The maximum Gasteiger partial charge on any atom is 0.447 e. The third-order valence-electron chi connectivity index (χ3n) is 6.87. The Labute approximate surface area is 235 Å². The van der Waals surface area contributed by atoms with Crippen molar-refractivity contribution < 1.29 is 36.2 Å². The highest BCUT2D eigenvalue weighted by atomic mass is 35.5. The van der Waals surface area contributed by atoms with Crippen molar-refractivity contribution in [3.8, 4) is 22.8 Å². The smallest absolute Gasteiger partial charge is 0.447 e. The average molecular weight is 591 g/mol. The number of nitrogens with zero attached hydrogens (tertiary/aromatic N) is 4. The Morgan fingerprint density at radius 1 is 1.02 bits per heavy atom. The molecule has 0 spiro atoms. The highest BCUT2D eigenvalue weighted by Gasteiger charge is 2.51. The van der Waals surface area contributed by atoms with Crippen LogP contribution in [0.15, 0.2) is 66.9 Å². The number of carbonyl (C=O) groups excluding carboxylic acids is 1. The summed E-state index contributed by atoms with van der Waals surface area (Å²) >= 11 is 6.46. The maximum atomic E-state index is 14.3. The van der Waals surface area contributed by atoms with Crippen LogP contribution in [0.5, 0.6) is 5.75 Å². The molecule has 0 radical (unpaired) electrons. The van der Waals surface area contributed by atoms with Gasteiger partial charge in [0.05, 0.1) is 23.5 Å². The molecule has 212 valence electrons. The second-order valence-corrected chi connectivity index (χ2v) is 10.2. The van der Waals surface area contributed by atoms with Crippen molar-refractivity contribution in [1.29, 1.82) is 0 Å². The second-order valence-electron chi connectivity index (χ2n) is 9.76. The van der Waals surface area contributed by atoms with Gasteiger partial charge in [-0.15, -0.1) is 0 Å². The maximum absolute atomic E-state index is 14.3. The Balaban J connectivity index is 1.19. The monoisotopic (exact) mass is 590 g/mol. The van der Waals surface area contributed by atoms with Gasteiger partial charge in [-0.25, -0.2) is 14.5 Å². The zero-order chi connectivity index (χ0) is 28.9. The number of likely N-dealkylation sites (tertiary alicyclic amines) is 1. The fraction of sp³-hybridized carbons (Fsp3) is 0.250. The number of fused-ring (bicyclic) bond motifs is 1. The summed E-state index contributed by atoms with van der Waals surface area (Å²) in [6, 6.07) is 17.2. The van der Waals surface area contributed by atoms with Crippen molar-refractivity contribution >= 4 is 17.6 Å². The van der Waals surface area contributed by atoms with Gasteiger partial charge in [0.2, 0.25) is 0 Å². The summed E-state index contributed by atoms with van der Waals surface area (Å²) in [6.45, 7) is -0.0581. The molecule has 0 amide bonds. The van der Waals surface area contributed by atoms with Crippen LogP contribution in [0.1, 0.15) is 33.1 Å². The van der Waals surface area contributed by atoms with Crippen LogP contribution >= 0.6 is 11.6 Å². The molecule has 4 aromatic rings. The Hall–Kier alpha value is -4.03. The fourth-order valence-corrected chi connectivity index (χ4v) is 5.15. The minimum atomic E-state index is -4.20. The molecule has 0 aliphatic carbocycles. The number of rotatable bonds is 7. The molecule has 2 aliphatic rings. The lowest BCUT2D eigenvalue weighted by Crippen LogP contribution is -2.49. The lowest BCUT2D eigenvalue weighted by atomic mass is 9.91. The SMILES string of the molecule is O=C1OC(F)(F)c2c1cnn2-c1cccc(-c2cccc(Cl)c2OCc2ccc(C3CN(CC(F)(F)F)C3)cc2)n1. The van der Waals surface area contributed by atoms with Gasteiger partial charge in [0.15, 0.2) is 11.5 Å². The number of hydrogen-bond donors (Lipinski definition) is 0. The molecule has 41 heavy (non-hydrogen) atoms. The van der Waals surface area contributed by atoms with Gasteiger partial charge < -0.3 is 9.47 Å². The van der Waals surface area contributed by atoms with Crippen LogP contribution in [-0.2, 0) is 17.5 Å². The summed E-state index contributed by atoms with van der Waals surface area (Å²) in [5.41, 5.74) is 1.59. The van der Waals surface area contributed by atoms with Gasteiger partial charge in [0.1, 0.15) is 17.9 Å². The number of ether oxygens (including phenoxy) is 2. The number of hydrogen-bond acceptors (Lipinski definition) is 6. The van der Waals surface area contributed by atoms with Crippen LogP contribution in [0, 0.1) is 0 Å². The first kappa shape index (κ1) is 27.2. The predicted molar refractivity (Wildman–Crippen MR) is 137 cm³/mol. The Bertz CT molecular complexity index is 1620. The largest absolute Gasteiger partial charge is 0.487 e. The van der Waals surface area contributed by atoms with Gasteiger partial charge >= 0.3 is 18.3 Å². The number of benzene rings is 2. The van der Waals surface area contributed by atoms with E-state index in [2.05, 4.69) is 14.8 Å². The van der Waals surface area contributed by atoms with Crippen molar-refractivity contribution in [2.45, 2.75) is 24.8 Å². The summed E-state index contributed by atoms with van der Waals surface area (Å²) in [5.74, 6) is -0.768. The van der Waals surface area contributed by atoms with E-state index in [4.69, 9.17) is 16.3 Å². The molecule has 1 fully saturated rings. The molecule has 2 aromatic carbocycles. The first-order valence-corrected chi connectivity index (χ1v) is 12.8. The fourth-order valence-electron chi connectivity index (χ4n) is 4.92. The number of aromatic nitrogens is 3. The summed E-state index contributed by atoms with van der Waals surface area (Å²) in [7, 11) is 0. The molecular formula is C28H20ClF5N4O3. The van der Waals surface area contributed by atoms with E-state index < -0.39 is 30.5 Å². The highest BCUT2D eigenvalue weighted by molar-refractivity contribution is 6.32. The number of halogens is 6.